The Morgan fingerprint density at radius 2 is 1.61 bits per heavy atom. The van der Waals surface area contributed by atoms with Gasteiger partial charge in [0.1, 0.15) is 17.8 Å². The van der Waals surface area contributed by atoms with Crippen molar-refractivity contribution in [3.63, 3.8) is 0 Å². The molecule has 8 rings (SSSR count). The third-order valence-electron chi connectivity index (χ3n) is 11.3. The molecule has 3 aliphatic rings. The number of H-pyrrole nitrogens is 1. The summed E-state index contributed by atoms with van der Waals surface area (Å²) in [5.41, 5.74) is 5.84. The van der Waals surface area contributed by atoms with Gasteiger partial charge in [0.25, 0.3) is 11.4 Å². The first kappa shape index (κ1) is 37.3. The van der Waals surface area contributed by atoms with Crippen molar-refractivity contribution in [3.8, 4) is 0 Å². The van der Waals surface area contributed by atoms with Gasteiger partial charge in [-0.25, -0.2) is 4.79 Å². The van der Waals surface area contributed by atoms with Gasteiger partial charge in [-0.2, -0.15) is 0 Å². The van der Waals surface area contributed by atoms with Gasteiger partial charge >= 0.3 is 13.3 Å². The second-order valence-corrected chi connectivity index (χ2v) is 16.5. The number of carbonyl (C=O) groups excluding carboxylic acids is 5. The lowest BCUT2D eigenvalue weighted by atomic mass is 9.96. The quantitative estimate of drug-likeness (QED) is 0.0750. The van der Waals surface area contributed by atoms with E-state index in [4.69, 9.17) is 0 Å². The zero-order chi connectivity index (χ0) is 39.5. The van der Waals surface area contributed by atoms with Crippen molar-refractivity contribution < 1.29 is 38.3 Å². The van der Waals surface area contributed by atoms with Crippen LogP contribution in [0.15, 0.2) is 59.4 Å². The van der Waals surface area contributed by atoms with Gasteiger partial charge in [-0.15, -0.1) is 0 Å². The number of aromatic amines is 1. The summed E-state index contributed by atoms with van der Waals surface area (Å²) in [7, 11) is -3.27. The Kier molecular flexibility index (Phi) is 9.63. The SMILES string of the molecule is Cn1c(=O)n(C2CCC(=O)NC2=O)c2ccc(CCCCCc3cc4c5c(c3)CCN5C(=O)[C@@H](NC(=O)c3cc5cc(C(=O)P(=O)(O)O)ccc5[nH]3)CC4)cc21. The Balaban J connectivity index is 0.878. The number of hydrogen-bond donors (Lipinski definition) is 5. The second-order valence-electron chi connectivity index (χ2n) is 15.0. The molecule has 56 heavy (non-hydrogen) atoms. The maximum atomic E-state index is 13.7. The van der Waals surface area contributed by atoms with E-state index < -0.39 is 37.0 Å². The number of benzene rings is 3. The number of imidazole rings is 1. The second kappa shape index (κ2) is 14.5. The minimum absolute atomic E-state index is 0.162. The average Bonchev–Trinajstić information content (AvgIpc) is 3.84. The fraction of sp³-hybridized carbons (Fsp3) is 0.350. The molecule has 16 heteroatoms. The molecule has 4 amide bonds. The first-order valence-corrected chi connectivity index (χ1v) is 20.4. The zero-order valence-corrected chi connectivity index (χ0v) is 31.6. The minimum Gasteiger partial charge on any atom is -0.351 e. The van der Waals surface area contributed by atoms with Crippen LogP contribution in [0, 0.1) is 0 Å². The lowest BCUT2D eigenvalue weighted by Gasteiger charge is -2.22. The molecule has 0 saturated carbocycles. The van der Waals surface area contributed by atoms with Gasteiger partial charge in [-0.3, -0.25) is 43.0 Å². The van der Waals surface area contributed by atoms with Crippen molar-refractivity contribution in [2.24, 2.45) is 7.05 Å². The smallest absolute Gasteiger partial charge is 0.351 e. The van der Waals surface area contributed by atoms with E-state index >= 15 is 0 Å². The number of rotatable bonds is 11. The van der Waals surface area contributed by atoms with Crippen LogP contribution in [0.1, 0.15) is 87.7 Å². The van der Waals surface area contributed by atoms with E-state index in [-0.39, 0.29) is 35.2 Å². The minimum atomic E-state index is -4.96. The number of carbonyl (C=O) groups is 5. The molecule has 5 aromatic rings. The third-order valence-corrected chi connectivity index (χ3v) is 12.0. The molecule has 1 unspecified atom stereocenters. The molecular formula is C40H41N6O9P. The summed E-state index contributed by atoms with van der Waals surface area (Å²) in [6.07, 6.45) is 6.91. The number of aromatic nitrogens is 3. The van der Waals surface area contributed by atoms with Crippen LogP contribution in [-0.4, -0.2) is 65.6 Å². The van der Waals surface area contributed by atoms with Crippen LogP contribution in [0.2, 0.25) is 0 Å². The summed E-state index contributed by atoms with van der Waals surface area (Å²) in [6.45, 7) is 0.534. The van der Waals surface area contributed by atoms with E-state index in [1.807, 2.05) is 18.2 Å². The number of amides is 4. The van der Waals surface area contributed by atoms with Crippen molar-refractivity contribution in [1.29, 1.82) is 0 Å². The number of nitrogens with zero attached hydrogens (tertiary/aromatic N) is 3. The lowest BCUT2D eigenvalue weighted by Crippen LogP contribution is -2.47. The van der Waals surface area contributed by atoms with Crippen molar-refractivity contribution in [2.75, 3.05) is 11.4 Å². The summed E-state index contributed by atoms with van der Waals surface area (Å²) < 4.78 is 14.5. The van der Waals surface area contributed by atoms with Crippen LogP contribution in [0.5, 0.6) is 0 Å². The predicted octanol–water partition coefficient (Wildman–Crippen LogP) is 3.71. The fourth-order valence-corrected chi connectivity index (χ4v) is 8.91. The van der Waals surface area contributed by atoms with Gasteiger partial charge in [0.05, 0.1) is 16.7 Å². The van der Waals surface area contributed by atoms with Crippen LogP contribution in [-0.2, 0) is 51.7 Å². The summed E-state index contributed by atoms with van der Waals surface area (Å²) in [5.74, 6) is -1.44. The van der Waals surface area contributed by atoms with E-state index in [2.05, 4.69) is 27.8 Å². The number of nitrogens with one attached hydrogen (secondary N) is 3. The van der Waals surface area contributed by atoms with E-state index in [9.17, 15) is 43.1 Å². The highest BCUT2D eigenvalue weighted by atomic mass is 31.2. The molecule has 1 fully saturated rings. The number of imide groups is 1. The number of piperidine rings is 1. The average molecular weight is 781 g/mol. The molecule has 3 aromatic carbocycles. The van der Waals surface area contributed by atoms with Gasteiger partial charge < -0.3 is 25.0 Å². The van der Waals surface area contributed by atoms with E-state index in [1.54, 1.807) is 16.5 Å². The van der Waals surface area contributed by atoms with Gasteiger partial charge in [0, 0.05) is 36.5 Å². The number of anilines is 1. The van der Waals surface area contributed by atoms with Crippen LogP contribution in [0.25, 0.3) is 21.9 Å². The van der Waals surface area contributed by atoms with Crippen molar-refractivity contribution >= 4 is 64.4 Å². The predicted molar refractivity (Wildman–Crippen MR) is 207 cm³/mol. The Bertz CT molecular complexity index is 2600. The molecule has 2 atom stereocenters. The number of hydrogen-bond acceptors (Lipinski definition) is 7. The highest BCUT2D eigenvalue weighted by molar-refractivity contribution is 7.70. The van der Waals surface area contributed by atoms with Gasteiger partial charge in [0.2, 0.25) is 17.7 Å². The molecule has 0 spiro atoms. The van der Waals surface area contributed by atoms with E-state index in [0.717, 1.165) is 66.4 Å². The summed E-state index contributed by atoms with van der Waals surface area (Å²) in [4.78, 5) is 99.7. The zero-order valence-electron chi connectivity index (χ0n) is 30.7. The molecule has 0 aliphatic carbocycles. The van der Waals surface area contributed by atoms with Crippen LogP contribution in [0.4, 0.5) is 5.69 Å². The van der Waals surface area contributed by atoms with Crippen LogP contribution < -0.4 is 21.2 Å². The van der Waals surface area contributed by atoms with Gasteiger partial charge in [-0.05, 0) is 110 Å². The first-order chi connectivity index (χ1) is 26.8. The largest absolute Gasteiger partial charge is 0.396 e. The Labute approximate surface area is 320 Å². The summed E-state index contributed by atoms with van der Waals surface area (Å²) >= 11 is 0. The Morgan fingerprint density at radius 3 is 2.36 bits per heavy atom. The summed E-state index contributed by atoms with van der Waals surface area (Å²) in [5, 5.41) is 5.66. The van der Waals surface area contributed by atoms with Crippen LogP contribution >= 0.6 is 7.60 Å². The molecule has 290 valence electrons. The van der Waals surface area contributed by atoms with Crippen LogP contribution in [0.3, 0.4) is 0 Å². The topological polar surface area (TPSA) is 213 Å². The molecule has 3 aliphatic heterocycles. The van der Waals surface area contributed by atoms with Gasteiger partial charge in [0.15, 0.2) is 0 Å². The molecule has 0 bridgehead atoms. The van der Waals surface area contributed by atoms with Crippen molar-refractivity contribution in [2.45, 2.75) is 76.3 Å². The Morgan fingerprint density at radius 1 is 0.857 bits per heavy atom. The lowest BCUT2D eigenvalue weighted by molar-refractivity contribution is -0.135. The van der Waals surface area contributed by atoms with E-state index in [1.165, 1.54) is 34.4 Å². The maximum Gasteiger partial charge on any atom is 0.396 e. The standard InChI is InChI=1S/C40H41N6O9P/c1-44-33-19-22(7-12-31(33)46(40(44)52)32-13-14-34(47)43-37(32)49)5-3-2-4-6-23-17-24-8-11-29(38(50)45-16-15-25(18-23)35(24)45)42-36(48)30-21-27-20-26(9-10-28(27)41-30)39(51)56(53,54)55/h7,9-10,12,17-21,29,32,41H,2-6,8,11,13-16H2,1H3,(H,42,48)(H,43,47,49)(H2,53,54,55)/t29-,32?/m0/s1. The highest BCUT2D eigenvalue weighted by Gasteiger charge is 2.37. The maximum absolute atomic E-state index is 13.7. The number of fused-ring (bicyclic) bond motifs is 2. The molecular weight excluding hydrogens is 739 g/mol. The number of unbranched alkanes of at least 4 members (excludes halogenated alkanes) is 2. The fourth-order valence-electron chi connectivity index (χ4n) is 8.44. The molecule has 2 aromatic heterocycles. The molecule has 15 nitrogen and oxygen atoms in total. The highest BCUT2D eigenvalue weighted by Crippen LogP contribution is 2.40. The molecule has 1 saturated heterocycles. The monoisotopic (exact) mass is 780 g/mol. The van der Waals surface area contributed by atoms with Gasteiger partial charge in [-0.1, -0.05) is 24.6 Å². The van der Waals surface area contributed by atoms with E-state index in [0.29, 0.717) is 42.2 Å². The van der Waals surface area contributed by atoms with Crippen molar-refractivity contribution in [3.05, 3.63) is 98.6 Å². The van der Waals surface area contributed by atoms with Crippen molar-refractivity contribution in [1.82, 2.24) is 24.8 Å². The first-order valence-electron chi connectivity index (χ1n) is 18.8. The summed E-state index contributed by atoms with van der Waals surface area (Å²) in [6, 6.07) is 14.4. The molecule has 0 radical (unpaired) electrons. The Hall–Kier alpha value is -5.63. The molecule has 5 heterocycles. The normalized spacial score (nSPS) is 18.3. The number of aryl methyl sites for hydroxylation is 4. The molecule has 5 N–H and O–H groups in total. The third kappa shape index (κ3) is 6.91.